The molecular formula is C23H13F3N8O. The molecule has 1 amide bonds. The highest BCUT2D eigenvalue weighted by Gasteiger charge is 2.41. The van der Waals surface area contributed by atoms with E-state index in [1.54, 1.807) is 24.3 Å². The van der Waals surface area contributed by atoms with Gasteiger partial charge in [0, 0.05) is 17.3 Å². The van der Waals surface area contributed by atoms with Gasteiger partial charge in [-0.1, -0.05) is 6.07 Å². The largest absolute Gasteiger partial charge is 0.434 e. The third-order valence-electron chi connectivity index (χ3n) is 5.14. The van der Waals surface area contributed by atoms with Gasteiger partial charge < -0.3 is 5.32 Å². The van der Waals surface area contributed by atoms with Crippen LogP contribution in [0.3, 0.4) is 0 Å². The van der Waals surface area contributed by atoms with Gasteiger partial charge in [0.25, 0.3) is 5.91 Å². The van der Waals surface area contributed by atoms with Crippen molar-refractivity contribution in [2.24, 2.45) is 0 Å². The fourth-order valence-corrected chi connectivity index (χ4v) is 3.66. The van der Waals surface area contributed by atoms with E-state index in [0.29, 0.717) is 21.3 Å². The van der Waals surface area contributed by atoms with Crippen molar-refractivity contribution in [3.05, 3.63) is 90.1 Å². The lowest BCUT2D eigenvalue weighted by Gasteiger charge is -2.14. The molecule has 172 valence electrons. The lowest BCUT2D eigenvalue weighted by molar-refractivity contribution is -0.143. The van der Waals surface area contributed by atoms with E-state index in [4.69, 9.17) is 0 Å². The van der Waals surface area contributed by atoms with Gasteiger partial charge >= 0.3 is 6.18 Å². The standard InChI is InChI=1S/C23H13F3N8O/c24-23(25,26)21-17(13-31-33(21)20-5-1-4-18-16(20)3-2-8-28-18)22(35)32-15-6-7-19(14(11-15)12-27)34-29-9-10-30-34/h1-11,13H,(H,32,35). The van der Waals surface area contributed by atoms with Gasteiger partial charge in [-0.25, -0.2) is 4.68 Å². The number of anilines is 1. The molecule has 35 heavy (non-hydrogen) atoms. The van der Waals surface area contributed by atoms with E-state index in [1.165, 1.54) is 47.7 Å². The zero-order valence-corrected chi connectivity index (χ0v) is 17.6. The normalized spacial score (nSPS) is 11.4. The van der Waals surface area contributed by atoms with E-state index in [0.717, 1.165) is 6.20 Å². The Bertz CT molecular complexity index is 1590. The second-order valence-corrected chi connectivity index (χ2v) is 7.28. The molecule has 2 aromatic carbocycles. The fourth-order valence-electron chi connectivity index (χ4n) is 3.66. The highest BCUT2D eigenvalue weighted by molar-refractivity contribution is 6.05. The molecule has 0 radical (unpaired) electrons. The summed E-state index contributed by atoms with van der Waals surface area (Å²) < 4.78 is 43.1. The monoisotopic (exact) mass is 474 g/mol. The minimum absolute atomic E-state index is 0.119. The number of alkyl halides is 3. The number of nitrogens with one attached hydrogen (secondary N) is 1. The van der Waals surface area contributed by atoms with Crippen molar-refractivity contribution >= 4 is 22.5 Å². The first-order valence-corrected chi connectivity index (χ1v) is 10.1. The van der Waals surface area contributed by atoms with Gasteiger partial charge in [0.1, 0.15) is 11.8 Å². The van der Waals surface area contributed by atoms with Gasteiger partial charge in [-0.05, 0) is 42.5 Å². The molecule has 3 aromatic heterocycles. The molecule has 1 N–H and O–H groups in total. The Balaban J connectivity index is 1.54. The van der Waals surface area contributed by atoms with Crippen LogP contribution in [-0.2, 0) is 6.18 Å². The van der Waals surface area contributed by atoms with Crippen LogP contribution in [0.4, 0.5) is 18.9 Å². The maximum atomic E-state index is 14.1. The van der Waals surface area contributed by atoms with Crippen LogP contribution in [-0.4, -0.2) is 35.7 Å². The van der Waals surface area contributed by atoms with Crippen LogP contribution in [0.2, 0.25) is 0 Å². The summed E-state index contributed by atoms with van der Waals surface area (Å²) in [5.74, 6) is -1.03. The Hall–Kier alpha value is -5.05. The van der Waals surface area contributed by atoms with E-state index in [1.807, 2.05) is 6.07 Å². The number of carbonyl (C=O) groups is 1. The minimum Gasteiger partial charge on any atom is -0.322 e. The van der Waals surface area contributed by atoms with E-state index in [-0.39, 0.29) is 16.9 Å². The predicted octanol–water partition coefficient (Wildman–Crippen LogP) is 4.14. The molecular weight excluding hydrogens is 461 g/mol. The molecule has 9 nitrogen and oxygen atoms in total. The number of fused-ring (bicyclic) bond motifs is 1. The summed E-state index contributed by atoms with van der Waals surface area (Å²) in [5, 5.41) is 24.1. The van der Waals surface area contributed by atoms with Crippen molar-refractivity contribution in [2.75, 3.05) is 5.32 Å². The van der Waals surface area contributed by atoms with Gasteiger partial charge in [-0.15, -0.1) is 0 Å². The number of hydrogen-bond acceptors (Lipinski definition) is 6. The van der Waals surface area contributed by atoms with E-state index in [2.05, 4.69) is 25.6 Å². The number of nitrogens with zero attached hydrogens (tertiary/aromatic N) is 7. The van der Waals surface area contributed by atoms with Crippen molar-refractivity contribution in [3.63, 3.8) is 0 Å². The van der Waals surface area contributed by atoms with Crippen molar-refractivity contribution in [3.8, 4) is 17.4 Å². The molecule has 3 heterocycles. The fraction of sp³-hybridized carbons (Fsp3) is 0.0435. The van der Waals surface area contributed by atoms with Crippen molar-refractivity contribution in [1.29, 1.82) is 5.26 Å². The topological polar surface area (TPSA) is 114 Å². The number of aromatic nitrogens is 6. The van der Waals surface area contributed by atoms with Crippen LogP contribution in [0.15, 0.2) is 73.3 Å². The molecule has 0 unspecified atom stereocenters. The average Bonchev–Trinajstić information content (AvgIpc) is 3.54. The van der Waals surface area contributed by atoms with Gasteiger partial charge in [0.05, 0.1) is 40.9 Å². The molecule has 0 spiro atoms. The summed E-state index contributed by atoms with van der Waals surface area (Å²) in [6.07, 6.45) is 0.363. The smallest absolute Gasteiger partial charge is 0.322 e. The van der Waals surface area contributed by atoms with Crippen LogP contribution in [0.1, 0.15) is 21.6 Å². The van der Waals surface area contributed by atoms with Gasteiger partial charge in [0.15, 0.2) is 5.69 Å². The number of amides is 1. The molecule has 5 aromatic rings. The molecule has 0 saturated heterocycles. The SMILES string of the molecule is N#Cc1cc(NC(=O)c2cnn(-c3cccc4ncccc34)c2C(F)(F)F)ccc1-n1nccn1. The lowest BCUT2D eigenvalue weighted by atomic mass is 10.1. The van der Waals surface area contributed by atoms with Crippen LogP contribution in [0, 0.1) is 11.3 Å². The Morgan fingerprint density at radius 1 is 0.971 bits per heavy atom. The zero-order valence-electron chi connectivity index (χ0n) is 17.6. The number of halogens is 3. The molecule has 0 saturated carbocycles. The van der Waals surface area contributed by atoms with Crippen molar-refractivity contribution < 1.29 is 18.0 Å². The summed E-state index contributed by atoms with van der Waals surface area (Å²) in [7, 11) is 0. The second-order valence-electron chi connectivity index (χ2n) is 7.28. The quantitative estimate of drug-likeness (QED) is 0.419. The zero-order chi connectivity index (χ0) is 24.6. The van der Waals surface area contributed by atoms with Crippen LogP contribution in [0.25, 0.3) is 22.3 Å². The first kappa shape index (κ1) is 21.8. The van der Waals surface area contributed by atoms with Crippen LogP contribution < -0.4 is 5.32 Å². The Morgan fingerprint density at radius 2 is 1.77 bits per heavy atom. The highest BCUT2D eigenvalue weighted by Crippen LogP contribution is 2.35. The number of hydrogen-bond donors (Lipinski definition) is 1. The third-order valence-corrected chi connectivity index (χ3v) is 5.14. The first-order valence-electron chi connectivity index (χ1n) is 10.1. The Kier molecular flexibility index (Phi) is 5.21. The van der Waals surface area contributed by atoms with Crippen LogP contribution in [0.5, 0.6) is 0 Å². The minimum atomic E-state index is -4.89. The maximum absolute atomic E-state index is 14.1. The third kappa shape index (κ3) is 3.95. The summed E-state index contributed by atoms with van der Waals surface area (Å²) in [6, 6.07) is 14.1. The maximum Gasteiger partial charge on any atom is 0.434 e. The number of pyridine rings is 1. The highest BCUT2D eigenvalue weighted by atomic mass is 19.4. The number of rotatable bonds is 4. The Labute approximate surface area is 195 Å². The van der Waals surface area contributed by atoms with E-state index in [9.17, 15) is 23.2 Å². The molecule has 0 aliphatic heterocycles. The van der Waals surface area contributed by atoms with Crippen LogP contribution >= 0.6 is 0 Å². The van der Waals surface area contributed by atoms with E-state index >= 15 is 0 Å². The lowest BCUT2D eigenvalue weighted by Crippen LogP contribution is -2.21. The second kappa shape index (κ2) is 8.38. The van der Waals surface area contributed by atoms with E-state index < -0.39 is 23.3 Å². The summed E-state index contributed by atoms with van der Waals surface area (Å²) in [6.45, 7) is 0. The summed E-state index contributed by atoms with van der Waals surface area (Å²) in [5.41, 5.74) is -0.699. The number of carbonyl (C=O) groups excluding carboxylic acids is 1. The number of nitriles is 1. The number of benzene rings is 2. The van der Waals surface area contributed by atoms with Crippen molar-refractivity contribution in [1.82, 2.24) is 29.8 Å². The average molecular weight is 474 g/mol. The molecule has 0 aliphatic rings. The van der Waals surface area contributed by atoms with Gasteiger partial charge in [0.2, 0.25) is 0 Å². The molecule has 12 heteroatoms. The molecule has 5 rings (SSSR count). The molecule has 0 atom stereocenters. The first-order chi connectivity index (χ1) is 16.9. The predicted molar refractivity (Wildman–Crippen MR) is 118 cm³/mol. The molecule has 0 aliphatic carbocycles. The molecule has 0 fully saturated rings. The summed E-state index contributed by atoms with van der Waals surface area (Å²) in [4.78, 5) is 18.3. The van der Waals surface area contributed by atoms with Gasteiger partial charge in [-0.2, -0.15) is 38.5 Å². The summed E-state index contributed by atoms with van der Waals surface area (Å²) >= 11 is 0. The van der Waals surface area contributed by atoms with Crippen molar-refractivity contribution in [2.45, 2.75) is 6.18 Å². The van der Waals surface area contributed by atoms with Gasteiger partial charge in [-0.3, -0.25) is 9.78 Å². The Morgan fingerprint density at radius 3 is 2.51 bits per heavy atom. The molecule has 0 bridgehead atoms.